The third-order valence-electron chi connectivity index (χ3n) is 3.66. The molecule has 3 aliphatic rings. The summed E-state index contributed by atoms with van der Waals surface area (Å²) in [4.78, 5) is 4.42. The number of fused-ring (bicyclic) bond motifs is 1. The molecule has 3 aliphatic heterocycles. The summed E-state index contributed by atoms with van der Waals surface area (Å²) < 4.78 is 22.1. The fraction of sp³-hybridized carbons (Fsp3) is 0.643. The molecule has 0 aromatic rings. The summed E-state index contributed by atoms with van der Waals surface area (Å²) in [7, 11) is 0. The highest BCUT2D eigenvalue weighted by molar-refractivity contribution is 6.64. The molecule has 0 aromatic carbocycles. The van der Waals surface area contributed by atoms with Gasteiger partial charge in [-0.3, -0.25) is 0 Å². The fourth-order valence-corrected chi connectivity index (χ4v) is 2.70. The third-order valence-corrected chi connectivity index (χ3v) is 3.74. The van der Waals surface area contributed by atoms with Gasteiger partial charge in [-0.25, -0.2) is 4.99 Å². The summed E-state index contributed by atoms with van der Waals surface area (Å²) >= 11 is 5.95. The van der Waals surface area contributed by atoms with Gasteiger partial charge < -0.3 is 18.9 Å². The Balaban J connectivity index is 1.83. The van der Waals surface area contributed by atoms with Crippen LogP contribution in [0.15, 0.2) is 28.9 Å². The Bertz CT molecular complexity index is 466. The minimum Gasteiger partial charge on any atom is -0.378 e. The van der Waals surface area contributed by atoms with Crippen molar-refractivity contribution in [2.45, 2.75) is 31.3 Å². The highest BCUT2D eigenvalue weighted by atomic mass is 35.5. The van der Waals surface area contributed by atoms with Crippen LogP contribution in [-0.4, -0.2) is 49.6 Å². The van der Waals surface area contributed by atoms with Crippen molar-refractivity contribution in [3.8, 4) is 0 Å². The fourth-order valence-electron chi connectivity index (χ4n) is 2.61. The number of ether oxygens (including phenoxy) is 4. The molecule has 110 valence electrons. The van der Waals surface area contributed by atoms with Gasteiger partial charge in [-0.15, -0.1) is 0 Å². The normalized spacial score (nSPS) is 35.0. The highest BCUT2D eigenvalue weighted by Gasteiger charge is 2.61. The molecule has 0 N–H and O–H groups in total. The van der Waals surface area contributed by atoms with Gasteiger partial charge >= 0.3 is 0 Å². The van der Waals surface area contributed by atoms with E-state index in [1.54, 1.807) is 6.92 Å². The summed E-state index contributed by atoms with van der Waals surface area (Å²) in [6.45, 7) is 8.17. The molecule has 3 heterocycles. The van der Waals surface area contributed by atoms with Crippen molar-refractivity contribution < 1.29 is 18.9 Å². The van der Waals surface area contributed by atoms with E-state index in [9.17, 15) is 0 Å². The molecule has 2 unspecified atom stereocenters. The first-order valence-electron chi connectivity index (χ1n) is 6.72. The third kappa shape index (κ3) is 2.69. The van der Waals surface area contributed by atoms with Crippen molar-refractivity contribution in [1.82, 2.24) is 0 Å². The van der Waals surface area contributed by atoms with Crippen molar-refractivity contribution in [3.63, 3.8) is 0 Å². The lowest BCUT2D eigenvalue weighted by Gasteiger charge is -2.19. The predicted octanol–water partition coefficient (Wildman–Crippen LogP) is 2.01. The zero-order chi connectivity index (χ0) is 14.2. The first kappa shape index (κ1) is 14.2. The van der Waals surface area contributed by atoms with Crippen molar-refractivity contribution in [1.29, 1.82) is 0 Å². The Morgan fingerprint density at radius 2 is 2.10 bits per heavy atom. The van der Waals surface area contributed by atoms with Gasteiger partial charge in [0.2, 0.25) is 0 Å². The number of aliphatic imine (C=N–C) groups is 1. The molecule has 6 heteroatoms. The van der Waals surface area contributed by atoms with Gasteiger partial charge in [0.1, 0.15) is 16.9 Å². The Kier molecular flexibility index (Phi) is 3.97. The van der Waals surface area contributed by atoms with Gasteiger partial charge in [0.15, 0.2) is 6.29 Å². The summed E-state index contributed by atoms with van der Waals surface area (Å²) in [5.41, 5.74) is 1.13. The van der Waals surface area contributed by atoms with Crippen LogP contribution >= 0.6 is 11.6 Å². The van der Waals surface area contributed by atoms with E-state index in [0.29, 0.717) is 31.6 Å². The topological polar surface area (TPSA) is 52.6 Å². The Hall–Kier alpha value is -0.720. The number of hydrogen-bond acceptors (Lipinski definition) is 5. The molecule has 2 atom stereocenters. The second kappa shape index (κ2) is 5.58. The zero-order valence-corrected chi connectivity index (χ0v) is 12.2. The molecular formula is C14H18ClNO4. The maximum Gasteiger partial charge on any atom is 0.183 e. The number of epoxide rings is 1. The summed E-state index contributed by atoms with van der Waals surface area (Å²) in [5.74, 6) is 0. The lowest BCUT2D eigenvalue weighted by molar-refractivity contribution is -0.00813. The van der Waals surface area contributed by atoms with E-state index in [1.807, 2.05) is 6.08 Å². The molecule has 20 heavy (non-hydrogen) atoms. The van der Waals surface area contributed by atoms with Gasteiger partial charge in [-0.1, -0.05) is 18.2 Å². The summed E-state index contributed by atoms with van der Waals surface area (Å²) in [6.07, 6.45) is 2.30. The van der Waals surface area contributed by atoms with E-state index in [1.165, 1.54) is 0 Å². The van der Waals surface area contributed by atoms with Gasteiger partial charge in [-0.05, 0) is 13.0 Å². The van der Waals surface area contributed by atoms with E-state index in [2.05, 4.69) is 11.6 Å². The molecule has 0 radical (unpaired) electrons. The van der Waals surface area contributed by atoms with E-state index >= 15 is 0 Å². The van der Waals surface area contributed by atoms with Crippen LogP contribution in [0.2, 0.25) is 0 Å². The minimum atomic E-state index is -0.399. The maximum atomic E-state index is 5.95. The first-order valence-corrected chi connectivity index (χ1v) is 7.10. The van der Waals surface area contributed by atoms with Gasteiger partial charge in [-0.2, -0.15) is 0 Å². The van der Waals surface area contributed by atoms with Crippen LogP contribution in [0.25, 0.3) is 0 Å². The molecule has 0 aliphatic carbocycles. The zero-order valence-electron chi connectivity index (χ0n) is 11.4. The van der Waals surface area contributed by atoms with Crippen LogP contribution in [0, 0.1) is 0 Å². The van der Waals surface area contributed by atoms with E-state index in [4.69, 9.17) is 30.5 Å². The predicted molar refractivity (Wildman–Crippen MR) is 74.9 cm³/mol. The van der Waals surface area contributed by atoms with Gasteiger partial charge in [0.05, 0.1) is 25.5 Å². The molecule has 5 nitrogen and oxygen atoms in total. The van der Waals surface area contributed by atoms with Gasteiger partial charge in [0, 0.05) is 18.6 Å². The van der Waals surface area contributed by atoms with Crippen LogP contribution in [0.1, 0.15) is 13.3 Å². The number of hydrogen-bond donors (Lipinski definition) is 0. The Morgan fingerprint density at radius 1 is 1.35 bits per heavy atom. The average Bonchev–Trinajstić information content (AvgIpc) is 2.91. The lowest BCUT2D eigenvalue weighted by Crippen LogP contribution is -2.28. The van der Waals surface area contributed by atoms with Crippen LogP contribution in [0.5, 0.6) is 0 Å². The first-order chi connectivity index (χ1) is 9.62. The smallest absolute Gasteiger partial charge is 0.183 e. The van der Waals surface area contributed by atoms with Crippen LogP contribution in [0.3, 0.4) is 0 Å². The molecule has 0 saturated carbocycles. The Labute approximate surface area is 123 Å². The molecule has 3 rings (SSSR count). The van der Waals surface area contributed by atoms with Crippen LogP contribution < -0.4 is 0 Å². The summed E-state index contributed by atoms with van der Waals surface area (Å²) in [5, 5.41) is 0.465. The Morgan fingerprint density at radius 3 is 2.75 bits per heavy atom. The standard InChI is InChI=1S/C14H18ClNO4/c1-9(13-18-5-6-19-13)7-11(16-10(2)15)14-3-4-17-8-12(14)20-14/h7,12-13H,1,3-6,8H2,2H3/b11-7-,16-10+. The molecule has 3 saturated heterocycles. The summed E-state index contributed by atoms with van der Waals surface area (Å²) in [6, 6.07) is 0. The molecule has 0 aromatic heterocycles. The second-order valence-corrected chi connectivity index (χ2v) is 5.65. The van der Waals surface area contributed by atoms with Crippen molar-refractivity contribution in [3.05, 3.63) is 23.9 Å². The van der Waals surface area contributed by atoms with E-state index in [-0.39, 0.29) is 11.7 Å². The quantitative estimate of drug-likeness (QED) is 0.453. The monoisotopic (exact) mass is 299 g/mol. The number of halogens is 1. The lowest BCUT2D eigenvalue weighted by atomic mass is 9.94. The largest absolute Gasteiger partial charge is 0.378 e. The second-order valence-electron chi connectivity index (χ2n) is 5.11. The van der Waals surface area contributed by atoms with Crippen molar-refractivity contribution in [2.24, 2.45) is 4.99 Å². The highest BCUT2D eigenvalue weighted by Crippen LogP contribution is 2.49. The molecular weight excluding hydrogens is 282 g/mol. The molecule has 0 amide bonds. The minimum absolute atomic E-state index is 0.0560. The van der Waals surface area contributed by atoms with E-state index in [0.717, 1.165) is 17.7 Å². The molecule has 0 bridgehead atoms. The van der Waals surface area contributed by atoms with Crippen LogP contribution in [0.4, 0.5) is 0 Å². The SMILES string of the molecule is C=C(/C=C(\N=C(/C)Cl)C12CCOCC1O2)C1OCCO1. The molecule has 0 spiro atoms. The van der Waals surface area contributed by atoms with Crippen LogP contribution in [-0.2, 0) is 18.9 Å². The number of rotatable bonds is 4. The van der Waals surface area contributed by atoms with Crippen molar-refractivity contribution in [2.75, 3.05) is 26.4 Å². The van der Waals surface area contributed by atoms with Crippen molar-refractivity contribution >= 4 is 16.8 Å². The maximum absolute atomic E-state index is 5.95. The van der Waals surface area contributed by atoms with Gasteiger partial charge in [0.25, 0.3) is 0 Å². The number of nitrogens with zero attached hydrogens (tertiary/aromatic N) is 1. The molecule has 3 fully saturated rings. The van der Waals surface area contributed by atoms with E-state index < -0.39 is 6.29 Å². The average molecular weight is 300 g/mol.